The first-order valence-corrected chi connectivity index (χ1v) is 9.49. The van der Waals surface area contributed by atoms with Crippen molar-refractivity contribution in [2.45, 2.75) is 18.9 Å². The number of nitrogens with zero attached hydrogens (tertiary/aromatic N) is 3. The zero-order valence-electron chi connectivity index (χ0n) is 13.9. The van der Waals surface area contributed by atoms with Crippen molar-refractivity contribution in [2.24, 2.45) is 0 Å². The van der Waals surface area contributed by atoms with Crippen LogP contribution in [-0.2, 0) is 0 Å². The molecule has 4 aromatic heterocycles. The number of aromatic nitrogens is 4. The Morgan fingerprint density at radius 1 is 1.35 bits per heavy atom. The van der Waals surface area contributed by atoms with Crippen molar-refractivity contribution < 1.29 is 4.79 Å². The van der Waals surface area contributed by atoms with E-state index in [9.17, 15) is 9.59 Å². The van der Waals surface area contributed by atoms with Crippen LogP contribution in [-0.4, -0.2) is 43.4 Å². The smallest absolute Gasteiger partial charge is 0.326 e. The van der Waals surface area contributed by atoms with Crippen molar-refractivity contribution in [1.29, 1.82) is 0 Å². The molecule has 2 N–H and O–H groups in total. The van der Waals surface area contributed by atoms with Gasteiger partial charge < -0.3 is 14.9 Å². The lowest BCUT2D eigenvalue weighted by Gasteiger charge is -2.33. The van der Waals surface area contributed by atoms with Crippen LogP contribution in [0.1, 0.15) is 28.6 Å². The van der Waals surface area contributed by atoms with Gasteiger partial charge in [0.1, 0.15) is 5.65 Å². The number of rotatable bonds is 2. The molecule has 4 aromatic rings. The predicted octanol–water partition coefficient (Wildman–Crippen LogP) is 2.74. The molecule has 0 saturated carbocycles. The average molecular weight is 367 g/mol. The van der Waals surface area contributed by atoms with Gasteiger partial charge in [-0.15, -0.1) is 11.3 Å². The molecule has 1 amide bonds. The quantitative estimate of drug-likeness (QED) is 0.571. The number of nitrogens with one attached hydrogen (secondary N) is 2. The van der Waals surface area contributed by atoms with Crippen LogP contribution in [0, 0.1) is 0 Å². The fourth-order valence-corrected chi connectivity index (χ4v) is 4.57. The maximum atomic E-state index is 12.7. The molecule has 132 valence electrons. The Labute approximate surface area is 152 Å². The van der Waals surface area contributed by atoms with Crippen LogP contribution in [0.5, 0.6) is 0 Å². The molecule has 5 heterocycles. The molecule has 1 aliphatic heterocycles. The fourth-order valence-electron chi connectivity index (χ4n) is 3.88. The van der Waals surface area contributed by atoms with Crippen molar-refractivity contribution in [1.82, 2.24) is 24.4 Å². The van der Waals surface area contributed by atoms with Crippen molar-refractivity contribution in [3.8, 4) is 0 Å². The molecule has 7 nitrogen and oxygen atoms in total. The van der Waals surface area contributed by atoms with Gasteiger partial charge in [-0.2, -0.15) is 0 Å². The van der Waals surface area contributed by atoms with Crippen LogP contribution in [0.2, 0.25) is 0 Å². The zero-order chi connectivity index (χ0) is 17.7. The molecule has 0 aromatic carbocycles. The molecule has 0 unspecified atom stereocenters. The van der Waals surface area contributed by atoms with Crippen molar-refractivity contribution >= 4 is 39.3 Å². The van der Waals surface area contributed by atoms with Crippen molar-refractivity contribution in [2.75, 3.05) is 13.1 Å². The van der Waals surface area contributed by atoms with Crippen LogP contribution < -0.4 is 5.69 Å². The molecule has 0 bridgehead atoms. The molecule has 26 heavy (non-hydrogen) atoms. The van der Waals surface area contributed by atoms with E-state index in [4.69, 9.17) is 0 Å². The summed E-state index contributed by atoms with van der Waals surface area (Å²) in [5.41, 5.74) is 2.19. The molecule has 0 radical (unpaired) electrons. The lowest BCUT2D eigenvalue weighted by Crippen LogP contribution is -2.42. The molecule has 1 aliphatic rings. The van der Waals surface area contributed by atoms with E-state index in [1.165, 1.54) is 11.3 Å². The third-order valence-corrected chi connectivity index (χ3v) is 5.90. The molecule has 1 saturated heterocycles. The minimum Gasteiger partial charge on any atom is -0.346 e. The van der Waals surface area contributed by atoms with Gasteiger partial charge in [-0.3, -0.25) is 9.36 Å². The van der Waals surface area contributed by atoms with E-state index in [0.29, 0.717) is 6.54 Å². The van der Waals surface area contributed by atoms with Crippen LogP contribution in [0.15, 0.2) is 40.8 Å². The van der Waals surface area contributed by atoms with E-state index in [0.717, 1.165) is 46.3 Å². The molecule has 5 rings (SSSR count). The summed E-state index contributed by atoms with van der Waals surface area (Å²) in [4.78, 5) is 38.3. The van der Waals surface area contributed by atoms with Crippen molar-refractivity contribution in [3.63, 3.8) is 0 Å². The van der Waals surface area contributed by atoms with Crippen LogP contribution >= 0.6 is 11.3 Å². The van der Waals surface area contributed by atoms with Gasteiger partial charge in [-0.05, 0) is 30.4 Å². The number of piperidine rings is 1. The number of thiophene rings is 1. The number of likely N-dealkylation sites (tertiary alicyclic amines) is 1. The second-order valence-electron chi connectivity index (χ2n) is 6.59. The van der Waals surface area contributed by atoms with E-state index in [1.807, 2.05) is 34.7 Å². The monoisotopic (exact) mass is 367 g/mol. The highest BCUT2D eigenvalue weighted by Gasteiger charge is 2.28. The highest BCUT2D eigenvalue weighted by atomic mass is 32.1. The Bertz CT molecular complexity index is 1150. The van der Waals surface area contributed by atoms with Gasteiger partial charge >= 0.3 is 5.69 Å². The molecule has 8 heteroatoms. The summed E-state index contributed by atoms with van der Waals surface area (Å²) in [5, 5.41) is 2.83. The average Bonchev–Trinajstić information content (AvgIpc) is 3.39. The Morgan fingerprint density at radius 3 is 3.12 bits per heavy atom. The minimum atomic E-state index is -0.147. The minimum absolute atomic E-state index is 0.0468. The third kappa shape index (κ3) is 2.29. The van der Waals surface area contributed by atoms with Crippen LogP contribution in [0.3, 0.4) is 0 Å². The molecule has 0 aliphatic carbocycles. The first-order chi connectivity index (χ1) is 12.7. The Balaban J connectivity index is 1.57. The van der Waals surface area contributed by atoms with E-state index < -0.39 is 0 Å². The lowest BCUT2D eigenvalue weighted by atomic mass is 10.0. The second kappa shape index (κ2) is 5.84. The highest BCUT2D eigenvalue weighted by molar-refractivity contribution is 7.12. The van der Waals surface area contributed by atoms with Crippen LogP contribution in [0.25, 0.3) is 22.1 Å². The summed E-state index contributed by atoms with van der Waals surface area (Å²) >= 11 is 1.45. The first kappa shape index (κ1) is 15.4. The summed E-state index contributed by atoms with van der Waals surface area (Å²) in [5.74, 6) is 0.0473. The summed E-state index contributed by atoms with van der Waals surface area (Å²) in [6, 6.07) is 5.63. The van der Waals surface area contributed by atoms with Crippen LogP contribution in [0.4, 0.5) is 0 Å². The van der Waals surface area contributed by atoms with Crippen molar-refractivity contribution in [3.05, 3.63) is 51.3 Å². The number of pyridine rings is 1. The number of fused-ring (bicyclic) bond motifs is 3. The standard InChI is InChI=1S/C18H17N5O2S/c24-17(14-4-2-8-26-14)22-7-1-3-11(10-22)23-15-12-5-6-19-16(12)20-9-13(15)21-18(23)25/h2,4-6,8-9,11H,1,3,7,10H2,(H,19,20)(H,21,25)/t11-/m1/s1. The first-order valence-electron chi connectivity index (χ1n) is 8.61. The zero-order valence-corrected chi connectivity index (χ0v) is 14.8. The van der Waals surface area contributed by atoms with Gasteiger partial charge in [0.15, 0.2) is 0 Å². The molecular weight excluding hydrogens is 350 g/mol. The number of carbonyl (C=O) groups excluding carboxylic acids is 1. The summed E-state index contributed by atoms with van der Waals surface area (Å²) in [7, 11) is 0. The summed E-state index contributed by atoms with van der Waals surface area (Å²) in [6.45, 7) is 1.27. The van der Waals surface area contributed by atoms with E-state index >= 15 is 0 Å². The van der Waals surface area contributed by atoms with E-state index in [1.54, 1.807) is 10.8 Å². The second-order valence-corrected chi connectivity index (χ2v) is 7.53. The molecule has 1 atom stereocenters. The fraction of sp³-hybridized carbons (Fsp3) is 0.278. The number of hydrogen-bond donors (Lipinski definition) is 2. The summed E-state index contributed by atoms with van der Waals surface area (Å²) < 4.78 is 1.81. The summed E-state index contributed by atoms with van der Waals surface area (Å²) in [6.07, 6.45) is 5.26. The Hall–Kier alpha value is -2.87. The maximum absolute atomic E-state index is 12.7. The number of H-pyrrole nitrogens is 2. The molecule has 1 fully saturated rings. The van der Waals surface area contributed by atoms with Gasteiger partial charge in [-0.1, -0.05) is 6.07 Å². The number of amides is 1. The lowest BCUT2D eigenvalue weighted by molar-refractivity contribution is 0.0685. The van der Waals surface area contributed by atoms with E-state index in [-0.39, 0.29) is 17.6 Å². The number of carbonyl (C=O) groups is 1. The normalized spacial score (nSPS) is 18.0. The topological polar surface area (TPSA) is 86.8 Å². The Kier molecular flexibility index (Phi) is 3.46. The van der Waals surface area contributed by atoms with Gasteiger partial charge in [0, 0.05) is 24.7 Å². The number of hydrogen-bond acceptors (Lipinski definition) is 4. The van der Waals surface area contributed by atoms with Gasteiger partial charge in [0.05, 0.1) is 28.1 Å². The molecular formula is C18H17N5O2S. The molecule has 0 spiro atoms. The SMILES string of the molecule is O=C(c1cccs1)N1CCC[C@@H](n2c(=O)[nH]c3cnc4[nH]ccc4c32)C1. The third-order valence-electron chi connectivity index (χ3n) is 5.04. The number of aromatic amines is 2. The van der Waals surface area contributed by atoms with E-state index in [2.05, 4.69) is 15.0 Å². The largest absolute Gasteiger partial charge is 0.346 e. The maximum Gasteiger partial charge on any atom is 0.326 e. The predicted molar refractivity (Wildman–Crippen MR) is 101 cm³/mol. The number of imidazole rings is 1. The van der Waals surface area contributed by atoms with Gasteiger partial charge in [0.2, 0.25) is 0 Å². The highest BCUT2D eigenvalue weighted by Crippen LogP contribution is 2.28. The van der Waals surface area contributed by atoms with Gasteiger partial charge in [-0.25, -0.2) is 9.78 Å². The van der Waals surface area contributed by atoms with Gasteiger partial charge in [0.25, 0.3) is 5.91 Å². The Morgan fingerprint density at radius 2 is 2.27 bits per heavy atom.